The summed E-state index contributed by atoms with van der Waals surface area (Å²) in [5.74, 6) is -1.09. The smallest absolute Gasteiger partial charge is 0.234 e. The Labute approximate surface area is 182 Å². The predicted octanol–water partition coefficient (Wildman–Crippen LogP) is 6.40. The van der Waals surface area contributed by atoms with Gasteiger partial charge in [0.2, 0.25) is 11.6 Å². The van der Waals surface area contributed by atoms with E-state index in [0.29, 0.717) is 11.1 Å². The molecule has 4 heteroatoms. The first kappa shape index (κ1) is 24.3. The van der Waals surface area contributed by atoms with Crippen LogP contribution < -0.4 is 5.32 Å². The van der Waals surface area contributed by atoms with Gasteiger partial charge in [-0.1, -0.05) is 102 Å². The Bertz CT molecular complexity index is 723. The zero-order valence-electron chi connectivity index (χ0n) is 18.8. The van der Waals surface area contributed by atoms with Crippen molar-refractivity contribution in [2.24, 2.45) is 0 Å². The van der Waals surface area contributed by atoms with Crippen LogP contribution in [0, 0.1) is 0 Å². The Hall–Kier alpha value is -1.94. The number of fused-ring (bicyclic) bond motifs is 1. The van der Waals surface area contributed by atoms with Crippen LogP contribution in [0.15, 0.2) is 29.8 Å². The minimum absolute atomic E-state index is 0.0277. The number of benzene rings is 1. The number of carbonyl (C=O) groups is 2. The Morgan fingerprint density at radius 2 is 1.33 bits per heavy atom. The predicted molar refractivity (Wildman–Crippen MR) is 124 cm³/mol. The Morgan fingerprint density at radius 3 is 1.97 bits per heavy atom. The van der Waals surface area contributed by atoms with Gasteiger partial charge in [-0.25, -0.2) is 0 Å². The van der Waals surface area contributed by atoms with Crippen LogP contribution in [0.5, 0.6) is 0 Å². The molecule has 0 fully saturated rings. The lowest BCUT2D eigenvalue weighted by Crippen LogP contribution is -2.39. The first-order chi connectivity index (χ1) is 14.6. The second kappa shape index (κ2) is 13.4. The number of hydrogen-bond donors (Lipinski definition) is 2. The molecule has 0 amide bonds. The van der Waals surface area contributed by atoms with E-state index in [-0.39, 0.29) is 17.4 Å². The molecular formula is C26H39NO3. The highest BCUT2D eigenvalue weighted by Gasteiger charge is 2.36. The molecule has 30 heavy (non-hydrogen) atoms. The maximum absolute atomic E-state index is 12.8. The lowest BCUT2D eigenvalue weighted by Gasteiger charge is -2.25. The highest BCUT2D eigenvalue weighted by Crippen LogP contribution is 2.30. The van der Waals surface area contributed by atoms with Crippen LogP contribution in [-0.2, 0) is 4.79 Å². The van der Waals surface area contributed by atoms with Crippen LogP contribution in [-0.4, -0.2) is 29.3 Å². The molecule has 1 unspecified atom stereocenters. The van der Waals surface area contributed by atoms with Crippen molar-refractivity contribution in [2.75, 3.05) is 6.54 Å². The van der Waals surface area contributed by atoms with Gasteiger partial charge in [-0.2, -0.15) is 0 Å². The molecule has 0 radical (unpaired) electrons. The largest absolute Gasteiger partial charge is 0.507 e. The van der Waals surface area contributed by atoms with Crippen molar-refractivity contribution in [3.8, 4) is 0 Å². The van der Waals surface area contributed by atoms with E-state index in [1.54, 1.807) is 24.3 Å². The minimum atomic E-state index is -0.559. The summed E-state index contributed by atoms with van der Waals surface area (Å²) in [6.07, 6.45) is 14.0. The van der Waals surface area contributed by atoms with Crippen molar-refractivity contribution in [3.63, 3.8) is 0 Å². The molecule has 2 rings (SSSR count). The molecular weight excluding hydrogens is 374 g/mol. The molecule has 0 aromatic heterocycles. The van der Waals surface area contributed by atoms with Crippen molar-refractivity contribution in [1.29, 1.82) is 0 Å². The molecule has 0 heterocycles. The molecule has 166 valence electrons. The average Bonchev–Trinajstić information content (AvgIpc) is 2.76. The van der Waals surface area contributed by atoms with Crippen molar-refractivity contribution < 1.29 is 14.7 Å². The van der Waals surface area contributed by atoms with Gasteiger partial charge < -0.3 is 10.4 Å². The van der Waals surface area contributed by atoms with E-state index in [1.807, 2.05) is 0 Å². The number of rotatable bonds is 15. The molecule has 4 nitrogen and oxygen atoms in total. The number of aliphatic hydroxyl groups excluding tert-OH is 1. The standard InChI is InChI=1S/C26H39NO3/c1-3-5-7-8-9-10-11-12-13-18-22(27-19-6-4-2)23-24(28)20-16-14-15-17-21(20)25(29)26(23)30/h14-17,22,27-28H,3-13,18-19H2,1-2H3. The molecule has 2 N–H and O–H groups in total. The third kappa shape index (κ3) is 6.80. The second-order valence-corrected chi connectivity index (χ2v) is 8.44. The summed E-state index contributed by atoms with van der Waals surface area (Å²) in [4.78, 5) is 25.4. The molecule has 0 spiro atoms. The van der Waals surface area contributed by atoms with Crippen molar-refractivity contribution in [1.82, 2.24) is 5.32 Å². The lowest BCUT2D eigenvalue weighted by molar-refractivity contribution is -0.112. The molecule has 1 aromatic carbocycles. The summed E-state index contributed by atoms with van der Waals surface area (Å²) < 4.78 is 0. The molecule has 1 aliphatic carbocycles. The zero-order chi connectivity index (χ0) is 21.8. The van der Waals surface area contributed by atoms with Crippen molar-refractivity contribution in [2.45, 2.75) is 96.9 Å². The number of Topliss-reactive ketones (excluding diaryl/α,β-unsaturated/α-hetero) is 2. The molecule has 1 aliphatic rings. The fourth-order valence-corrected chi connectivity index (χ4v) is 4.17. The molecule has 1 atom stereocenters. The van der Waals surface area contributed by atoms with E-state index < -0.39 is 11.6 Å². The fraction of sp³-hybridized carbons (Fsp3) is 0.615. The van der Waals surface area contributed by atoms with Crippen LogP contribution in [0.4, 0.5) is 0 Å². The monoisotopic (exact) mass is 413 g/mol. The minimum Gasteiger partial charge on any atom is -0.507 e. The van der Waals surface area contributed by atoms with Crippen LogP contribution in [0.2, 0.25) is 0 Å². The molecule has 0 saturated carbocycles. The van der Waals surface area contributed by atoms with Crippen LogP contribution >= 0.6 is 0 Å². The molecule has 0 saturated heterocycles. The summed E-state index contributed by atoms with van der Waals surface area (Å²) in [6.45, 7) is 5.14. The maximum atomic E-state index is 12.8. The molecule has 0 aliphatic heterocycles. The van der Waals surface area contributed by atoms with Gasteiger partial charge >= 0.3 is 0 Å². The molecule has 1 aromatic rings. The van der Waals surface area contributed by atoms with Crippen LogP contribution in [0.25, 0.3) is 5.76 Å². The normalized spacial score (nSPS) is 14.9. The maximum Gasteiger partial charge on any atom is 0.234 e. The number of ketones is 2. The average molecular weight is 414 g/mol. The van der Waals surface area contributed by atoms with Gasteiger partial charge in [0.15, 0.2) is 0 Å². The SMILES string of the molecule is CCCCCCCCCCCC(NCCCC)C1=C(O)c2ccccc2C(=O)C1=O. The quantitative estimate of drug-likeness (QED) is 0.258. The third-order valence-electron chi connectivity index (χ3n) is 6.00. The van der Waals surface area contributed by atoms with E-state index in [9.17, 15) is 14.7 Å². The summed E-state index contributed by atoms with van der Waals surface area (Å²) >= 11 is 0. The van der Waals surface area contributed by atoms with Crippen LogP contribution in [0.3, 0.4) is 0 Å². The van der Waals surface area contributed by atoms with Crippen molar-refractivity contribution >= 4 is 17.3 Å². The van der Waals surface area contributed by atoms with Gasteiger partial charge in [-0.3, -0.25) is 9.59 Å². The Balaban J connectivity index is 1.98. The summed E-state index contributed by atoms with van der Waals surface area (Å²) in [6, 6.07) is 6.57. The topological polar surface area (TPSA) is 66.4 Å². The number of carbonyl (C=O) groups excluding carboxylic acids is 2. The molecule has 0 bridgehead atoms. The van der Waals surface area contributed by atoms with E-state index in [2.05, 4.69) is 19.2 Å². The third-order valence-corrected chi connectivity index (χ3v) is 6.00. The number of unbranched alkanes of at least 4 members (excludes halogenated alkanes) is 9. The van der Waals surface area contributed by atoms with Gasteiger partial charge in [0.25, 0.3) is 0 Å². The summed E-state index contributed by atoms with van der Waals surface area (Å²) in [5, 5.41) is 14.3. The van der Waals surface area contributed by atoms with Gasteiger partial charge in [-0.15, -0.1) is 0 Å². The van der Waals surface area contributed by atoms with Gasteiger partial charge in [0.05, 0.1) is 5.57 Å². The number of nitrogens with one attached hydrogen (secondary N) is 1. The first-order valence-corrected chi connectivity index (χ1v) is 12.0. The van der Waals surface area contributed by atoms with Gasteiger partial charge in [0.1, 0.15) is 5.76 Å². The lowest BCUT2D eigenvalue weighted by atomic mass is 9.83. The summed E-state index contributed by atoms with van der Waals surface area (Å²) in [7, 11) is 0. The summed E-state index contributed by atoms with van der Waals surface area (Å²) in [5.41, 5.74) is 1.04. The number of aliphatic hydroxyl groups is 1. The fourth-order valence-electron chi connectivity index (χ4n) is 4.17. The highest BCUT2D eigenvalue weighted by molar-refractivity contribution is 6.52. The highest BCUT2D eigenvalue weighted by atomic mass is 16.3. The second-order valence-electron chi connectivity index (χ2n) is 8.44. The van der Waals surface area contributed by atoms with Crippen molar-refractivity contribution in [3.05, 3.63) is 41.0 Å². The van der Waals surface area contributed by atoms with Gasteiger partial charge in [0, 0.05) is 17.2 Å². The first-order valence-electron chi connectivity index (χ1n) is 12.0. The zero-order valence-corrected chi connectivity index (χ0v) is 18.8. The van der Waals surface area contributed by atoms with E-state index in [1.165, 1.54) is 44.9 Å². The Kier molecular flexibility index (Phi) is 10.9. The Morgan fingerprint density at radius 1 is 0.767 bits per heavy atom. The van der Waals surface area contributed by atoms with Gasteiger partial charge in [-0.05, 0) is 19.4 Å². The van der Waals surface area contributed by atoms with E-state index >= 15 is 0 Å². The van der Waals surface area contributed by atoms with E-state index in [0.717, 1.165) is 38.6 Å². The number of hydrogen-bond acceptors (Lipinski definition) is 4. The van der Waals surface area contributed by atoms with E-state index in [4.69, 9.17) is 0 Å². The van der Waals surface area contributed by atoms with Crippen LogP contribution in [0.1, 0.15) is 107 Å².